The van der Waals surface area contributed by atoms with Gasteiger partial charge in [0.2, 0.25) is 0 Å². The minimum Gasteiger partial charge on any atom is -0.632 e. The van der Waals surface area contributed by atoms with Gasteiger partial charge in [-0.15, -0.1) is 0 Å². The summed E-state index contributed by atoms with van der Waals surface area (Å²) < 4.78 is 0.250. The molecular weight excluding hydrogens is 390 g/mol. The Bertz CT molecular complexity index is 369. The standard InChI is InChI=1S/C30H57NO/c32-31(28-22-16-10-4-1-5-11-17-23-28,29-24-18-12-6-2-7-13-19-25-29)30-26-20-14-8-3-9-15-21-27-30/h28-30H,1-27H2. The van der Waals surface area contributed by atoms with Crippen molar-refractivity contribution in [3.8, 4) is 0 Å². The number of hydrogen-bond donors (Lipinski definition) is 0. The lowest BCUT2D eigenvalue weighted by atomic mass is 9.86. The molecule has 188 valence electrons. The van der Waals surface area contributed by atoms with E-state index in [0.29, 0.717) is 18.1 Å². The van der Waals surface area contributed by atoms with Crippen LogP contribution < -0.4 is 0 Å². The Morgan fingerprint density at radius 2 is 0.438 bits per heavy atom. The molecule has 0 saturated heterocycles. The van der Waals surface area contributed by atoms with Gasteiger partial charge in [-0.3, -0.25) is 0 Å². The molecule has 0 spiro atoms. The average molecular weight is 448 g/mol. The number of hydroxylamine groups is 3. The van der Waals surface area contributed by atoms with E-state index in [-0.39, 0.29) is 4.65 Å². The minimum absolute atomic E-state index is 0.250. The van der Waals surface area contributed by atoms with Crippen LogP contribution in [0, 0.1) is 5.21 Å². The molecule has 2 heteroatoms. The molecule has 0 unspecified atom stereocenters. The maximum atomic E-state index is 15.5. The second kappa shape index (κ2) is 15.8. The molecule has 3 aliphatic rings. The highest BCUT2D eigenvalue weighted by molar-refractivity contribution is 4.78. The molecule has 0 radical (unpaired) electrons. The Labute approximate surface area is 201 Å². The maximum Gasteiger partial charge on any atom is 0.0891 e. The van der Waals surface area contributed by atoms with Crippen LogP contribution in [0.1, 0.15) is 173 Å². The predicted octanol–water partition coefficient (Wildman–Crippen LogP) is 9.98. The van der Waals surface area contributed by atoms with Crippen LogP contribution in [0.15, 0.2) is 0 Å². The molecular formula is C30H57NO. The van der Waals surface area contributed by atoms with Crippen LogP contribution in [0.5, 0.6) is 0 Å². The number of hydrogen-bond acceptors (Lipinski definition) is 1. The van der Waals surface area contributed by atoms with Gasteiger partial charge in [-0.1, -0.05) is 96.3 Å². The molecule has 0 atom stereocenters. The van der Waals surface area contributed by atoms with Gasteiger partial charge in [0, 0.05) is 0 Å². The quantitative estimate of drug-likeness (QED) is 0.312. The van der Waals surface area contributed by atoms with E-state index in [1.54, 1.807) is 0 Å². The van der Waals surface area contributed by atoms with Crippen molar-refractivity contribution in [2.75, 3.05) is 0 Å². The molecule has 0 heterocycles. The molecule has 2 nitrogen and oxygen atoms in total. The monoisotopic (exact) mass is 447 g/mol. The molecule has 0 aromatic heterocycles. The van der Waals surface area contributed by atoms with E-state index in [4.69, 9.17) is 0 Å². The van der Waals surface area contributed by atoms with Gasteiger partial charge in [-0.2, -0.15) is 0 Å². The van der Waals surface area contributed by atoms with Gasteiger partial charge in [0.1, 0.15) is 0 Å². The predicted molar refractivity (Wildman–Crippen MR) is 140 cm³/mol. The van der Waals surface area contributed by atoms with Gasteiger partial charge in [0.25, 0.3) is 0 Å². The Morgan fingerprint density at radius 3 is 0.625 bits per heavy atom. The maximum absolute atomic E-state index is 15.5. The van der Waals surface area contributed by atoms with Crippen LogP contribution in [-0.4, -0.2) is 22.8 Å². The first-order valence-electron chi connectivity index (χ1n) is 15.4. The van der Waals surface area contributed by atoms with E-state index < -0.39 is 0 Å². The lowest BCUT2D eigenvalue weighted by molar-refractivity contribution is -0.954. The summed E-state index contributed by atoms with van der Waals surface area (Å²) in [6.07, 6.45) is 36.1. The smallest absolute Gasteiger partial charge is 0.0891 e. The third-order valence-electron chi connectivity index (χ3n) is 9.44. The Hall–Kier alpha value is -0.0800. The first-order chi connectivity index (χ1) is 15.8. The van der Waals surface area contributed by atoms with Crippen molar-refractivity contribution >= 4 is 0 Å². The zero-order valence-corrected chi connectivity index (χ0v) is 21.7. The van der Waals surface area contributed by atoms with E-state index in [1.807, 2.05) is 0 Å². The zero-order valence-electron chi connectivity index (χ0n) is 21.7. The van der Waals surface area contributed by atoms with Crippen LogP contribution in [0.25, 0.3) is 0 Å². The molecule has 3 aliphatic carbocycles. The van der Waals surface area contributed by atoms with Crippen molar-refractivity contribution in [3.63, 3.8) is 0 Å². The molecule has 0 aliphatic heterocycles. The van der Waals surface area contributed by atoms with E-state index in [0.717, 1.165) is 0 Å². The summed E-state index contributed by atoms with van der Waals surface area (Å²) in [4.78, 5) is 0. The topological polar surface area (TPSA) is 23.1 Å². The largest absolute Gasteiger partial charge is 0.632 e. The third kappa shape index (κ3) is 8.61. The fourth-order valence-corrected chi connectivity index (χ4v) is 7.47. The van der Waals surface area contributed by atoms with Gasteiger partial charge in [0.15, 0.2) is 0 Å². The highest BCUT2D eigenvalue weighted by Crippen LogP contribution is 2.39. The normalized spacial score (nSPS) is 26.9. The SMILES string of the molecule is [O-][N+](C1CCCCCCCCC1)(C1CCCCCCCCC1)C1CCCCCCCCC1. The van der Waals surface area contributed by atoms with Crippen molar-refractivity contribution in [2.24, 2.45) is 0 Å². The summed E-state index contributed by atoms with van der Waals surface area (Å²) in [5, 5.41) is 15.5. The molecule has 32 heavy (non-hydrogen) atoms. The second-order valence-corrected chi connectivity index (χ2v) is 11.9. The third-order valence-corrected chi connectivity index (χ3v) is 9.44. The molecule has 3 rings (SSSR count). The van der Waals surface area contributed by atoms with E-state index >= 15 is 5.21 Å². The fraction of sp³-hybridized carbons (Fsp3) is 1.00. The lowest BCUT2D eigenvalue weighted by Crippen LogP contribution is -2.63. The molecule has 3 fully saturated rings. The van der Waals surface area contributed by atoms with Crippen LogP contribution in [0.4, 0.5) is 0 Å². The van der Waals surface area contributed by atoms with Gasteiger partial charge in [-0.25, -0.2) is 0 Å². The molecule has 0 bridgehead atoms. The fourth-order valence-electron chi connectivity index (χ4n) is 7.47. The van der Waals surface area contributed by atoms with Crippen LogP contribution in [0.2, 0.25) is 0 Å². The summed E-state index contributed by atoms with van der Waals surface area (Å²) in [6, 6.07) is 1.19. The summed E-state index contributed by atoms with van der Waals surface area (Å²) >= 11 is 0. The van der Waals surface area contributed by atoms with Crippen molar-refractivity contribution in [1.29, 1.82) is 0 Å². The van der Waals surface area contributed by atoms with Gasteiger partial charge < -0.3 is 9.85 Å². The van der Waals surface area contributed by atoms with Gasteiger partial charge >= 0.3 is 0 Å². The Morgan fingerprint density at radius 1 is 0.281 bits per heavy atom. The molecule has 0 amide bonds. The van der Waals surface area contributed by atoms with E-state index in [2.05, 4.69) is 0 Å². The van der Waals surface area contributed by atoms with E-state index in [1.165, 1.54) is 173 Å². The highest BCUT2D eigenvalue weighted by Gasteiger charge is 2.41. The molecule has 0 aromatic rings. The highest BCUT2D eigenvalue weighted by atomic mass is 16.6. The van der Waals surface area contributed by atoms with Crippen molar-refractivity contribution < 1.29 is 4.65 Å². The summed E-state index contributed by atoms with van der Waals surface area (Å²) in [6.45, 7) is 0. The number of rotatable bonds is 3. The number of nitrogens with zero attached hydrogens (tertiary/aromatic N) is 1. The van der Waals surface area contributed by atoms with Crippen LogP contribution in [0.3, 0.4) is 0 Å². The number of quaternary nitrogens is 1. The summed E-state index contributed by atoms with van der Waals surface area (Å²) in [5.41, 5.74) is 0. The molecule has 3 saturated carbocycles. The van der Waals surface area contributed by atoms with Crippen molar-refractivity contribution in [2.45, 2.75) is 191 Å². The molecule has 0 N–H and O–H groups in total. The Balaban J connectivity index is 1.83. The Kier molecular flexibility index (Phi) is 13.1. The average Bonchev–Trinajstić information content (AvgIpc) is 2.83. The van der Waals surface area contributed by atoms with E-state index in [9.17, 15) is 0 Å². The van der Waals surface area contributed by atoms with Gasteiger partial charge in [0.05, 0.1) is 18.1 Å². The van der Waals surface area contributed by atoms with Gasteiger partial charge in [-0.05, 0) is 77.0 Å². The minimum atomic E-state index is 0.250. The first kappa shape index (κ1) is 26.5. The second-order valence-electron chi connectivity index (χ2n) is 11.9. The summed E-state index contributed by atoms with van der Waals surface area (Å²) in [5.74, 6) is 0. The summed E-state index contributed by atoms with van der Waals surface area (Å²) in [7, 11) is 0. The van der Waals surface area contributed by atoms with Crippen molar-refractivity contribution in [1.82, 2.24) is 0 Å². The van der Waals surface area contributed by atoms with Crippen molar-refractivity contribution in [3.05, 3.63) is 5.21 Å². The zero-order chi connectivity index (χ0) is 22.3. The van der Waals surface area contributed by atoms with Crippen LogP contribution >= 0.6 is 0 Å². The van der Waals surface area contributed by atoms with Crippen LogP contribution in [-0.2, 0) is 0 Å². The molecule has 0 aromatic carbocycles. The lowest BCUT2D eigenvalue weighted by Gasteiger charge is -2.59. The first-order valence-corrected chi connectivity index (χ1v) is 15.4.